The van der Waals surface area contributed by atoms with Gasteiger partial charge in [-0.2, -0.15) is 0 Å². The highest BCUT2D eigenvalue weighted by molar-refractivity contribution is 5.89. The Morgan fingerprint density at radius 1 is 1.33 bits per heavy atom. The normalized spacial score (nSPS) is 15.1. The van der Waals surface area contributed by atoms with Gasteiger partial charge in [0.15, 0.2) is 0 Å². The molecule has 1 fully saturated rings. The van der Waals surface area contributed by atoms with Crippen molar-refractivity contribution in [1.29, 1.82) is 0 Å². The second-order valence-corrected chi connectivity index (χ2v) is 6.19. The molecule has 1 aliphatic heterocycles. The SMILES string of the molecule is CCOc1ccc(NC(=O)N2CCC(N(C)C(C)=O)CC2)cc1C. The van der Waals surface area contributed by atoms with E-state index in [1.807, 2.05) is 39.1 Å². The molecule has 6 nitrogen and oxygen atoms in total. The van der Waals surface area contributed by atoms with Crippen molar-refractivity contribution in [3.05, 3.63) is 23.8 Å². The van der Waals surface area contributed by atoms with Crippen LogP contribution in [-0.2, 0) is 4.79 Å². The van der Waals surface area contributed by atoms with Gasteiger partial charge in [-0.25, -0.2) is 4.79 Å². The second-order valence-electron chi connectivity index (χ2n) is 6.19. The molecule has 1 aromatic rings. The van der Waals surface area contributed by atoms with Gasteiger partial charge in [0.2, 0.25) is 5.91 Å². The largest absolute Gasteiger partial charge is 0.494 e. The molecule has 1 aliphatic rings. The zero-order valence-electron chi connectivity index (χ0n) is 15.0. The van der Waals surface area contributed by atoms with Gasteiger partial charge in [-0.1, -0.05) is 0 Å². The van der Waals surface area contributed by atoms with Crippen LogP contribution in [0.1, 0.15) is 32.3 Å². The van der Waals surface area contributed by atoms with Crippen LogP contribution < -0.4 is 10.1 Å². The van der Waals surface area contributed by atoms with Crippen molar-refractivity contribution in [3.63, 3.8) is 0 Å². The Bertz CT molecular complexity index is 595. The lowest BCUT2D eigenvalue weighted by atomic mass is 10.0. The first-order valence-electron chi connectivity index (χ1n) is 8.45. The molecule has 1 saturated heterocycles. The molecule has 1 aromatic carbocycles. The lowest BCUT2D eigenvalue weighted by molar-refractivity contribution is -0.130. The third-order valence-corrected chi connectivity index (χ3v) is 4.52. The molecule has 0 aliphatic carbocycles. The van der Waals surface area contributed by atoms with E-state index in [0.717, 1.165) is 29.8 Å². The van der Waals surface area contributed by atoms with E-state index in [1.54, 1.807) is 16.7 Å². The van der Waals surface area contributed by atoms with Gasteiger partial charge in [0.25, 0.3) is 0 Å². The summed E-state index contributed by atoms with van der Waals surface area (Å²) >= 11 is 0. The topological polar surface area (TPSA) is 61.9 Å². The van der Waals surface area contributed by atoms with Gasteiger partial charge < -0.3 is 19.9 Å². The van der Waals surface area contributed by atoms with Crippen LogP contribution in [0.3, 0.4) is 0 Å². The smallest absolute Gasteiger partial charge is 0.321 e. The van der Waals surface area contributed by atoms with E-state index in [9.17, 15) is 9.59 Å². The van der Waals surface area contributed by atoms with Gasteiger partial charge >= 0.3 is 6.03 Å². The minimum absolute atomic E-state index is 0.0720. The number of urea groups is 1. The number of rotatable bonds is 4. The molecule has 0 atom stereocenters. The Labute approximate surface area is 143 Å². The van der Waals surface area contributed by atoms with Gasteiger partial charge in [-0.05, 0) is 50.5 Å². The molecule has 0 unspecified atom stereocenters. The average molecular weight is 333 g/mol. The Kier molecular flexibility index (Phi) is 6.06. The van der Waals surface area contributed by atoms with E-state index in [-0.39, 0.29) is 18.0 Å². The maximum absolute atomic E-state index is 12.4. The summed E-state index contributed by atoms with van der Waals surface area (Å²) in [7, 11) is 1.82. The van der Waals surface area contributed by atoms with Crippen LogP contribution >= 0.6 is 0 Å². The number of piperidine rings is 1. The Hall–Kier alpha value is -2.24. The molecule has 1 N–H and O–H groups in total. The fourth-order valence-corrected chi connectivity index (χ4v) is 2.96. The molecule has 1 heterocycles. The molecule has 0 aromatic heterocycles. The van der Waals surface area contributed by atoms with Gasteiger partial charge in [0, 0.05) is 38.8 Å². The zero-order chi connectivity index (χ0) is 17.7. The maximum Gasteiger partial charge on any atom is 0.321 e. The monoisotopic (exact) mass is 333 g/mol. The van der Waals surface area contributed by atoms with Crippen molar-refractivity contribution in [3.8, 4) is 5.75 Å². The number of carbonyl (C=O) groups is 2. The first-order chi connectivity index (χ1) is 11.4. The Morgan fingerprint density at radius 2 is 2.00 bits per heavy atom. The van der Waals surface area contributed by atoms with Crippen LogP contribution in [-0.4, -0.2) is 54.5 Å². The van der Waals surface area contributed by atoms with Crippen LogP contribution in [0.4, 0.5) is 10.5 Å². The van der Waals surface area contributed by atoms with E-state index in [1.165, 1.54) is 0 Å². The van der Waals surface area contributed by atoms with Crippen molar-refractivity contribution in [2.45, 2.75) is 39.7 Å². The van der Waals surface area contributed by atoms with E-state index in [2.05, 4.69) is 5.32 Å². The molecule has 132 valence electrons. The van der Waals surface area contributed by atoms with E-state index >= 15 is 0 Å². The van der Waals surface area contributed by atoms with Crippen LogP contribution in [0.15, 0.2) is 18.2 Å². The molecule has 0 spiro atoms. The van der Waals surface area contributed by atoms with Crippen molar-refractivity contribution >= 4 is 17.6 Å². The van der Waals surface area contributed by atoms with E-state index in [0.29, 0.717) is 19.7 Å². The lowest BCUT2D eigenvalue weighted by Gasteiger charge is -2.36. The van der Waals surface area contributed by atoms with E-state index < -0.39 is 0 Å². The quantitative estimate of drug-likeness (QED) is 0.921. The number of nitrogens with zero attached hydrogens (tertiary/aromatic N) is 2. The predicted octanol–water partition coefficient (Wildman–Crippen LogP) is 2.87. The third kappa shape index (κ3) is 4.40. The highest BCUT2D eigenvalue weighted by Gasteiger charge is 2.26. The number of anilines is 1. The summed E-state index contributed by atoms with van der Waals surface area (Å²) in [6.07, 6.45) is 1.62. The summed E-state index contributed by atoms with van der Waals surface area (Å²) in [5.41, 5.74) is 1.76. The first-order valence-corrected chi connectivity index (χ1v) is 8.45. The number of amides is 3. The number of likely N-dealkylation sites (tertiary alicyclic amines) is 1. The molecular formula is C18H27N3O3. The van der Waals surface area contributed by atoms with Crippen LogP contribution in [0.25, 0.3) is 0 Å². The number of hydrogen-bond donors (Lipinski definition) is 1. The fourth-order valence-electron chi connectivity index (χ4n) is 2.96. The summed E-state index contributed by atoms with van der Waals surface area (Å²) in [6, 6.07) is 5.77. The van der Waals surface area contributed by atoms with Gasteiger partial charge in [-0.3, -0.25) is 4.79 Å². The van der Waals surface area contributed by atoms with Crippen LogP contribution in [0.2, 0.25) is 0 Å². The van der Waals surface area contributed by atoms with Gasteiger partial charge in [0.05, 0.1) is 6.61 Å². The zero-order valence-corrected chi connectivity index (χ0v) is 15.0. The fraction of sp³-hybridized carbons (Fsp3) is 0.556. The summed E-state index contributed by atoms with van der Waals surface area (Å²) in [4.78, 5) is 27.4. The number of ether oxygens (including phenoxy) is 1. The molecule has 3 amide bonds. The summed E-state index contributed by atoms with van der Waals surface area (Å²) in [5, 5.41) is 2.94. The summed E-state index contributed by atoms with van der Waals surface area (Å²) in [6.45, 7) is 7.42. The molecule has 0 radical (unpaired) electrons. The number of nitrogens with one attached hydrogen (secondary N) is 1. The summed E-state index contributed by atoms with van der Waals surface area (Å²) < 4.78 is 5.51. The molecule has 6 heteroatoms. The second kappa shape index (κ2) is 8.04. The van der Waals surface area contributed by atoms with Gasteiger partial charge in [-0.15, -0.1) is 0 Å². The Balaban J connectivity index is 1.90. The van der Waals surface area contributed by atoms with Crippen molar-refractivity contribution in [2.75, 3.05) is 32.1 Å². The highest BCUT2D eigenvalue weighted by Crippen LogP contribution is 2.23. The molecule has 24 heavy (non-hydrogen) atoms. The first kappa shape index (κ1) is 18.1. The molecule has 0 saturated carbocycles. The molecular weight excluding hydrogens is 306 g/mol. The average Bonchev–Trinajstić information content (AvgIpc) is 2.56. The molecule has 2 rings (SSSR count). The van der Waals surface area contributed by atoms with Crippen molar-refractivity contribution < 1.29 is 14.3 Å². The molecule has 0 bridgehead atoms. The van der Waals surface area contributed by atoms with Crippen LogP contribution in [0.5, 0.6) is 5.75 Å². The third-order valence-electron chi connectivity index (χ3n) is 4.52. The van der Waals surface area contributed by atoms with Crippen molar-refractivity contribution in [1.82, 2.24) is 9.80 Å². The number of benzene rings is 1. The lowest BCUT2D eigenvalue weighted by Crippen LogP contribution is -2.47. The minimum Gasteiger partial charge on any atom is -0.494 e. The van der Waals surface area contributed by atoms with Gasteiger partial charge in [0.1, 0.15) is 5.75 Å². The van der Waals surface area contributed by atoms with Crippen molar-refractivity contribution in [2.24, 2.45) is 0 Å². The predicted molar refractivity (Wildman–Crippen MR) is 94.4 cm³/mol. The standard InChI is InChI=1S/C18H27N3O3/c1-5-24-17-7-6-15(12-13(17)2)19-18(23)21-10-8-16(9-11-21)20(4)14(3)22/h6-7,12,16H,5,8-11H2,1-4H3,(H,19,23). The Morgan fingerprint density at radius 3 is 2.54 bits per heavy atom. The minimum atomic E-state index is -0.0949. The van der Waals surface area contributed by atoms with E-state index in [4.69, 9.17) is 4.74 Å². The van der Waals surface area contributed by atoms with Crippen LogP contribution in [0, 0.1) is 6.92 Å². The number of hydrogen-bond acceptors (Lipinski definition) is 3. The number of carbonyl (C=O) groups excluding carboxylic acids is 2. The number of aryl methyl sites for hydroxylation is 1. The highest BCUT2D eigenvalue weighted by atomic mass is 16.5. The summed E-state index contributed by atoms with van der Waals surface area (Å²) in [5.74, 6) is 0.909. The maximum atomic E-state index is 12.4.